The van der Waals surface area contributed by atoms with E-state index in [2.05, 4.69) is 15.5 Å². The molecule has 0 unspecified atom stereocenters. The first-order valence-corrected chi connectivity index (χ1v) is 7.61. The minimum atomic E-state index is -0.469. The fourth-order valence-corrected chi connectivity index (χ4v) is 2.17. The first kappa shape index (κ1) is 16.6. The Morgan fingerprint density at radius 3 is 2.60 bits per heavy atom. The van der Waals surface area contributed by atoms with Crippen LogP contribution in [0.3, 0.4) is 0 Å². The first-order valence-electron chi connectivity index (χ1n) is 7.61. The van der Waals surface area contributed by atoms with E-state index in [0.717, 1.165) is 5.56 Å². The fraction of sp³-hybridized carbons (Fsp3) is 0.167. The summed E-state index contributed by atoms with van der Waals surface area (Å²) >= 11 is 0. The number of ether oxygens (including phenoxy) is 1. The van der Waals surface area contributed by atoms with Crippen LogP contribution in [0.4, 0.5) is 10.1 Å². The molecule has 1 N–H and O–H groups in total. The van der Waals surface area contributed by atoms with E-state index in [1.54, 1.807) is 44.2 Å². The number of rotatable bonds is 5. The van der Waals surface area contributed by atoms with Crippen molar-refractivity contribution in [3.8, 4) is 5.75 Å². The van der Waals surface area contributed by atoms with Gasteiger partial charge in [-0.25, -0.2) is 4.39 Å². The van der Waals surface area contributed by atoms with Crippen molar-refractivity contribution in [3.63, 3.8) is 0 Å². The van der Waals surface area contributed by atoms with Gasteiger partial charge in [-0.3, -0.25) is 4.79 Å². The summed E-state index contributed by atoms with van der Waals surface area (Å²) < 4.78 is 24.2. The number of nitrogens with zero attached hydrogens (tertiary/aromatic N) is 2. The number of benzene rings is 2. The largest absolute Gasteiger partial charge is 0.485 e. The maximum atomic E-state index is 13.8. The van der Waals surface area contributed by atoms with Crippen molar-refractivity contribution >= 4 is 11.6 Å². The first-order chi connectivity index (χ1) is 12.0. The highest BCUT2D eigenvalue weighted by atomic mass is 19.1. The number of carbonyl (C=O) groups is 1. The van der Waals surface area contributed by atoms with Crippen LogP contribution in [0.2, 0.25) is 0 Å². The second-order valence-electron chi connectivity index (χ2n) is 5.48. The lowest BCUT2D eigenvalue weighted by atomic mass is 10.2. The maximum absolute atomic E-state index is 13.8. The molecule has 0 atom stereocenters. The number of anilines is 1. The van der Waals surface area contributed by atoms with Crippen LogP contribution in [0.15, 0.2) is 47.0 Å². The SMILES string of the molecule is Cc1ccc(NC(=O)c2ccc(OCc3noc(C)n3)cc2)c(F)c1. The van der Waals surface area contributed by atoms with Crippen LogP contribution >= 0.6 is 0 Å². The lowest BCUT2D eigenvalue weighted by Gasteiger charge is -2.08. The van der Waals surface area contributed by atoms with E-state index >= 15 is 0 Å². The molecular formula is C18H16FN3O3. The molecule has 1 heterocycles. The standard InChI is InChI=1S/C18H16FN3O3/c1-11-3-8-16(15(19)9-11)21-18(23)13-4-6-14(7-5-13)24-10-17-20-12(2)25-22-17/h3-9H,10H2,1-2H3,(H,21,23). The van der Waals surface area contributed by atoms with Gasteiger partial charge in [-0.05, 0) is 48.9 Å². The lowest BCUT2D eigenvalue weighted by Crippen LogP contribution is -2.13. The number of aromatic nitrogens is 2. The minimum Gasteiger partial charge on any atom is -0.485 e. The van der Waals surface area contributed by atoms with Crippen molar-refractivity contribution < 1.29 is 18.4 Å². The third-order valence-corrected chi connectivity index (χ3v) is 3.43. The highest BCUT2D eigenvalue weighted by molar-refractivity contribution is 6.04. The van der Waals surface area contributed by atoms with Gasteiger partial charge >= 0.3 is 0 Å². The van der Waals surface area contributed by atoms with Gasteiger partial charge in [-0.15, -0.1) is 0 Å². The van der Waals surface area contributed by atoms with Crippen molar-refractivity contribution in [1.82, 2.24) is 10.1 Å². The summed E-state index contributed by atoms with van der Waals surface area (Å²) in [5, 5.41) is 6.27. The number of halogens is 1. The van der Waals surface area contributed by atoms with Crippen LogP contribution < -0.4 is 10.1 Å². The molecule has 1 aromatic heterocycles. The molecule has 25 heavy (non-hydrogen) atoms. The van der Waals surface area contributed by atoms with Gasteiger partial charge in [0, 0.05) is 12.5 Å². The zero-order valence-corrected chi connectivity index (χ0v) is 13.7. The van der Waals surface area contributed by atoms with E-state index in [1.807, 2.05) is 0 Å². The summed E-state index contributed by atoms with van der Waals surface area (Å²) in [6.45, 7) is 3.64. The van der Waals surface area contributed by atoms with E-state index in [9.17, 15) is 9.18 Å². The normalized spacial score (nSPS) is 10.5. The van der Waals surface area contributed by atoms with Gasteiger partial charge in [-0.1, -0.05) is 11.2 Å². The van der Waals surface area contributed by atoms with Crippen LogP contribution in [0.1, 0.15) is 27.6 Å². The summed E-state index contributed by atoms with van der Waals surface area (Å²) in [6.07, 6.45) is 0. The number of hydrogen-bond donors (Lipinski definition) is 1. The zero-order chi connectivity index (χ0) is 17.8. The van der Waals surface area contributed by atoms with Crippen molar-refractivity contribution in [2.24, 2.45) is 0 Å². The average Bonchev–Trinajstić information content (AvgIpc) is 3.01. The Kier molecular flexibility index (Phi) is 4.74. The van der Waals surface area contributed by atoms with Crippen molar-refractivity contribution in [3.05, 3.63) is 71.1 Å². The third-order valence-electron chi connectivity index (χ3n) is 3.43. The van der Waals surface area contributed by atoms with Gasteiger partial charge in [-0.2, -0.15) is 4.98 Å². The molecule has 6 nitrogen and oxygen atoms in total. The summed E-state index contributed by atoms with van der Waals surface area (Å²) in [5.41, 5.74) is 1.32. The van der Waals surface area contributed by atoms with Gasteiger partial charge in [0.05, 0.1) is 5.69 Å². The van der Waals surface area contributed by atoms with Crippen molar-refractivity contribution in [2.75, 3.05) is 5.32 Å². The summed E-state index contributed by atoms with van der Waals surface area (Å²) in [7, 11) is 0. The number of hydrogen-bond acceptors (Lipinski definition) is 5. The minimum absolute atomic E-state index is 0.142. The van der Waals surface area contributed by atoms with Gasteiger partial charge < -0.3 is 14.6 Å². The van der Waals surface area contributed by atoms with Gasteiger partial charge in [0.1, 0.15) is 11.6 Å². The van der Waals surface area contributed by atoms with Crippen LogP contribution in [-0.2, 0) is 6.61 Å². The van der Waals surface area contributed by atoms with E-state index < -0.39 is 11.7 Å². The Hall–Kier alpha value is -3.22. The molecule has 3 rings (SSSR count). The molecule has 128 valence electrons. The number of amides is 1. The van der Waals surface area contributed by atoms with Crippen molar-refractivity contribution in [2.45, 2.75) is 20.5 Å². The Morgan fingerprint density at radius 1 is 1.20 bits per heavy atom. The molecule has 0 aliphatic carbocycles. The molecule has 7 heteroatoms. The molecule has 0 aliphatic rings. The second-order valence-corrected chi connectivity index (χ2v) is 5.48. The summed E-state index contributed by atoms with van der Waals surface area (Å²) in [6, 6.07) is 11.1. The van der Waals surface area contributed by atoms with Crippen LogP contribution in [0.5, 0.6) is 5.75 Å². The quantitative estimate of drug-likeness (QED) is 0.766. The maximum Gasteiger partial charge on any atom is 0.255 e. The molecule has 3 aromatic rings. The molecule has 1 amide bonds. The zero-order valence-electron chi connectivity index (χ0n) is 13.7. The molecule has 0 spiro atoms. The van der Waals surface area contributed by atoms with E-state index in [-0.39, 0.29) is 12.3 Å². The molecule has 0 saturated carbocycles. The smallest absolute Gasteiger partial charge is 0.255 e. The summed E-state index contributed by atoms with van der Waals surface area (Å²) in [5.74, 6) is 0.593. The molecule has 0 radical (unpaired) electrons. The average molecular weight is 341 g/mol. The van der Waals surface area contributed by atoms with Gasteiger partial charge in [0.15, 0.2) is 6.61 Å². The van der Waals surface area contributed by atoms with E-state index in [4.69, 9.17) is 9.26 Å². The fourth-order valence-electron chi connectivity index (χ4n) is 2.17. The summed E-state index contributed by atoms with van der Waals surface area (Å²) in [4.78, 5) is 16.2. The predicted octanol–water partition coefficient (Wildman–Crippen LogP) is 3.66. The molecule has 0 saturated heterocycles. The molecule has 0 aliphatic heterocycles. The number of carbonyl (C=O) groups excluding carboxylic acids is 1. The van der Waals surface area contributed by atoms with E-state index in [0.29, 0.717) is 23.0 Å². The highest BCUT2D eigenvalue weighted by Crippen LogP contribution is 2.18. The van der Waals surface area contributed by atoms with Crippen LogP contribution in [0, 0.1) is 19.7 Å². The Bertz CT molecular complexity index is 891. The lowest BCUT2D eigenvalue weighted by molar-refractivity contribution is 0.102. The monoisotopic (exact) mass is 341 g/mol. The Labute approximate surface area is 143 Å². The molecular weight excluding hydrogens is 325 g/mol. The highest BCUT2D eigenvalue weighted by Gasteiger charge is 2.10. The Morgan fingerprint density at radius 2 is 1.96 bits per heavy atom. The molecule has 0 fully saturated rings. The van der Waals surface area contributed by atoms with Gasteiger partial charge in [0.2, 0.25) is 11.7 Å². The molecule has 2 aromatic carbocycles. The number of nitrogens with one attached hydrogen (secondary N) is 1. The van der Waals surface area contributed by atoms with Crippen molar-refractivity contribution in [1.29, 1.82) is 0 Å². The third kappa shape index (κ3) is 4.20. The van der Waals surface area contributed by atoms with Gasteiger partial charge in [0.25, 0.3) is 5.91 Å². The van der Waals surface area contributed by atoms with E-state index in [1.165, 1.54) is 12.1 Å². The van der Waals surface area contributed by atoms with Crippen LogP contribution in [0.25, 0.3) is 0 Å². The number of aryl methyl sites for hydroxylation is 2. The predicted molar refractivity (Wildman–Crippen MR) is 88.9 cm³/mol. The molecule has 0 bridgehead atoms. The Balaban J connectivity index is 1.62. The second kappa shape index (κ2) is 7.12. The topological polar surface area (TPSA) is 77.2 Å². The van der Waals surface area contributed by atoms with Crippen LogP contribution in [-0.4, -0.2) is 16.0 Å².